The van der Waals surface area contributed by atoms with Crippen LogP contribution < -0.4 is 59.1 Å². The number of amides is 2. The minimum absolute atomic E-state index is 0. The van der Waals surface area contributed by atoms with E-state index in [2.05, 4.69) is 104 Å². The number of ether oxygens (including phenoxy) is 7. The SMILES string of the molecule is C.C.COc1cc(OC)cc(N(CC(N)=O)c2ccc3ncc(-c4cnn(C)c4)nc3c2)c1.COc1cc(OC)cc(N(CC2CC2)c2ccc3ncc(-c4cnn(CC5(O)CCN(C(=O)OC(C)(C)C)CC5)c4)nc3c2)c1.COc1cc(OC)cc(N(CC2CC2)c2ccc3ncc(-c4cnn(CC5(O)CCNCC5)c4)nc3c2)c1.Cn1cc(-c2cnc3ccc(N(CC4CC4)c4cccc(C#N)c4)cc3n2)cn1. The first kappa shape index (κ1) is 102. The summed E-state index contributed by atoms with van der Waals surface area (Å²) < 4.78 is 45.4. The average Bonchev–Trinajstić information content (AvgIpc) is 1.75. The molecule has 0 spiro atoms. The number of methoxy groups -OCH3 is 6. The molecule has 5 aliphatic rings. The fourth-order valence-electron chi connectivity index (χ4n) is 17.6. The molecule has 3 saturated carbocycles. The number of nitriles is 1. The number of nitrogens with two attached hydrogens (primary N) is 1. The maximum Gasteiger partial charge on any atom is 0.410 e. The molecule has 35 nitrogen and oxygen atoms in total. The average molecular weight is 1960 g/mol. The number of aromatic nitrogens is 16. The molecule has 0 bridgehead atoms. The third kappa shape index (κ3) is 25.6. The van der Waals surface area contributed by atoms with Crippen LogP contribution in [-0.4, -0.2) is 218 Å². The number of hydrogen-bond donors (Lipinski definition) is 4. The van der Waals surface area contributed by atoms with Gasteiger partial charge in [0.1, 0.15) is 46.6 Å². The molecule has 3 aliphatic carbocycles. The number of benzene rings is 8. The molecule has 752 valence electrons. The highest BCUT2D eigenvalue weighted by Gasteiger charge is 2.38. The van der Waals surface area contributed by atoms with Gasteiger partial charge in [0.05, 0.1) is 195 Å². The van der Waals surface area contributed by atoms with Crippen molar-refractivity contribution in [3.05, 3.63) is 232 Å². The fraction of sp³-hybridized carbons (Fsp3) is 0.355. The summed E-state index contributed by atoms with van der Waals surface area (Å²) in [5.74, 6) is 5.73. The predicted molar refractivity (Wildman–Crippen MR) is 563 cm³/mol. The minimum atomic E-state index is -0.973. The van der Waals surface area contributed by atoms with Gasteiger partial charge < -0.3 is 78.9 Å². The van der Waals surface area contributed by atoms with Crippen LogP contribution in [0, 0.1) is 29.1 Å². The molecule has 2 amide bonds. The first-order chi connectivity index (χ1) is 69.2. The molecule has 0 radical (unpaired) electrons. The van der Waals surface area contributed by atoms with Crippen LogP contribution >= 0.6 is 0 Å². The van der Waals surface area contributed by atoms with Crippen LogP contribution in [0.5, 0.6) is 34.5 Å². The van der Waals surface area contributed by atoms with Crippen molar-refractivity contribution >= 4 is 102 Å². The molecular weight excluding hydrogens is 1830 g/mol. The van der Waals surface area contributed by atoms with Crippen molar-refractivity contribution in [2.45, 2.75) is 130 Å². The quantitative estimate of drug-likeness (QED) is 0.0325. The van der Waals surface area contributed by atoms with Crippen molar-refractivity contribution in [1.82, 2.24) is 89.2 Å². The van der Waals surface area contributed by atoms with E-state index in [1.165, 1.54) is 38.5 Å². The normalized spacial score (nSPS) is 14.5. The van der Waals surface area contributed by atoms with Gasteiger partial charge in [-0.2, -0.15) is 25.7 Å². The summed E-state index contributed by atoms with van der Waals surface area (Å²) in [6, 6.07) is 51.5. The van der Waals surface area contributed by atoms with E-state index in [9.17, 15) is 25.1 Å². The molecule has 8 aromatic carbocycles. The monoisotopic (exact) mass is 1960 g/mol. The number of carbonyl (C=O) groups is 2. The zero-order valence-electron chi connectivity index (χ0n) is 82.2. The number of nitrogens with zero attached hydrogens (tertiary/aromatic N) is 22. The van der Waals surface area contributed by atoms with Gasteiger partial charge in [-0.25, -0.2) is 24.7 Å². The second-order valence-corrected chi connectivity index (χ2v) is 38.1. The van der Waals surface area contributed by atoms with Crippen LogP contribution in [0.1, 0.15) is 105 Å². The van der Waals surface area contributed by atoms with Gasteiger partial charge in [-0.15, -0.1) is 0 Å². The summed E-state index contributed by atoms with van der Waals surface area (Å²) in [7, 11) is 13.5. The molecule has 21 rings (SSSR count). The maximum absolute atomic E-state index is 12.4. The van der Waals surface area contributed by atoms with Gasteiger partial charge in [-0.3, -0.25) is 43.5 Å². The Bertz CT molecular complexity index is 7220. The van der Waals surface area contributed by atoms with Crippen LogP contribution in [0.3, 0.4) is 0 Å². The van der Waals surface area contributed by atoms with Gasteiger partial charge in [0, 0.05) is 194 Å². The molecule has 16 aromatic rings. The second kappa shape index (κ2) is 44.7. The molecule has 35 heteroatoms. The molecular formula is C110H126N24O11. The standard InChI is InChI=1S/C34H42N6O5.C29H34N6O3.C23H20N6.C22H22N6O3.2CH4/c1-33(2,3)45-32(41)38-12-10-34(42,11-13-38)22-39-21-24(18-36-39)31-19-35-29-9-8-25(16-30(29)37-31)40(20-23-6-7-23)26-14-27(43-4)17-28(15-26)44-5;1-37-24-11-23(12-25(14-24)38-2)35(17-20-3-4-20)22-5-6-26-27(13-22)33-28(16-31-26)21-15-32-34(18-21)19-29(36)7-9-30-10-8-29;1-28-15-18(12-26-28)23-13-25-21-8-7-20(10-22(21)27-23)29(14-16-5-6-16)19-4-2-3-17(9-19)11-24;1-27-12-14(10-25-27)21-11-24-19-5-4-15(8-20(19)26-21)28(13-22(23)29)16-6-17(30-2)9-18(7-16)31-3;;/h8-9,14-19,21,23,42H,6-7,10-13,20,22H2,1-5H3;5-6,11-16,18,20,30,36H,3-4,7-10,17,19H2,1-2H3;2-4,7-10,12-13,15-16H,5-6,14H2,1H3;4-12H,13H2,1-3H3,(H2,23,29);2*1H4. The molecule has 2 aliphatic heterocycles. The molecule has 145 heavy (non-hydrogen) atoms. The Morgan fingerprint density at radius 2 is 0.745 bits per heavy atom. The van der Waals surface area contributed by atoms with Gasteiger partial charge in [0.25, 0.3) is 0 Å². The van der Waals surface area contributed by atoms with Crippen LogP contribution in [0.4, 0.5) is 50.3 Å². The van der Waals surface area contributed by atoms with Gasteiger partial charge >= 0.3 is 6.09 Å². The number of piperidine rings is 2. The molecule has 5 fully saturated rings. The van der Waals surface area contributed by atoms with E-state index in [4.69, 9.17) is 63.8 Å². The third-order valence-electron chi connectivity index (χ3n) is 26.0. The van der Waals surface area contributed by atoms with Crippen molar-refractivity contribution < 1.29 is 53.0 Å². The zero-order chi connectivity index (χ0) is 99.6. The summed E-state index contributed by atoms with van der Waals surface area (Å²) in [6.07, 6.45) is 31.2. The number of anilines is 8. The van der Waals surface area contributed by atoms with E-state index in [0.717, 1.165) is 181 Å². The largest absolute Gasteiger partial charge is 0.497 e. The molecule has 0 unspecified atom stereocenters. The lowest BCUT2D eigenvalue weighted by Crippen LogP contribution is -2.49. The Labute approximate surface area is 843 Å². The lowest BCUT2D eigenvalue weighted by atomic mass is 9.91. The maximum atomic E-state index is 12.4. The smallest absolute Gasteiger partial charge is 0.410 e. The van der Waals surface area contributed by atoms with E-state index in [-0.39, 0.29) is 27.5 Å². The van der Waals surface area contributed by atoms with Crippen LogP contribution in [0.25, 0.3) is 89.2 Å². The Hall–Kier alpha value is -15.9. The summed E-state index contributed by atoms with van der Waals surface area (Å²) in [5.41, 5.74) is 24.4. The van der Waals surface area contributed by atoms with Crippen molar-refractivity contribution in [3.63, 3.8) is 0 Å². The highest BCUT2D eigenvalue weighted by molar-refractivity contribution is 5.89. The summed E-state index contributed by atoms with van der Waals surface area (Å²) >= 11 is 0. The Balaban J connectivity index is 0.000000140. The summed E-state index contributed by atoms with van der Waals surface area (Å²) in [4.78, 5) is 72.6. The molecule has 10 heterocycles. The number of nitrogens with one attached hydrogen (secondary N) is 1. The van der Waals surface area contributed by atoms with Crippen LogP contribution in [0.2, 0.25) is 0 Å². The van der Waals surface area contributed by atoms with Crippen LogP contribution in [0.15, 0.2) is 226 Å². The number of carbonyl (C=O) groups excluding carboxylic acids is 2. The topological polar surface area (TPSA) is 392 Å². The van der Waals surface area contributed by atoms with Crippen molar-refractivity contribution in [1.29, 1.82) is 5.26 Å². The number of likely N-dealkylation sites (tertiary alicyclic amines) is 1. The van der Waals surface area contributed by atoms with E-state index in [1.54, 1.807) is 122 Å². The number of aliphatic hydroxyl groups is 2. The number of hydrogen-bond acceptors (Lipinski definition) is 29. The lowest BCUT2D eigenvalue weighted by Gasteiger charge is -2.38. The van der Waals surface area contributed by atoms with Gasteiger partial charge in [0.2, 0.25) is 5.91 Å². The third-order valence-corrected chi connectivity index (χ3v) is 26.0. The highest BCUT2D eigenvalue weighted by atomic mass is 16.6. The van der Waals surface area contributed by atoms with Gasteiger partial charge in [0.15, 0.2) is 0 Å². The first-order valence-corrected chi connectivity index (χ1v) is 48.0. The molecule has 5 N–H and O–H groups in total. The van der Waals surface area contributed by atoms with E-state index < -0.39 is 22.7 Å². The number of primary amides is 1. The lowest BCUT2D eigenvalue weighted by molar-refractivity contribution is -0.116. The summed E-state index contributed by atoms with van der Waals surface area (Å²) in [5, 5.41) is 52.2. The van der Waals surface area contributed by atoms with Gasteiger partial charge in [-0.05, 0) is 207 Å². The van der Waals surface area contributed by atoms with Crippen LogP contribution in [-0.2, 0) is 36.7 Å². The Morgan fingerprint density at radius 3 is 1.07 bits per heavy atom. The molecule has 2 saturated heterocycles. The van der Waals surface area contributed by atoms with Crippen molar-refractivity contribution in [2.24, 2.45) is 37.6 Å². The zero-order valence-corrected chi connectivity index (χ0v) is 82.2. The van der Waals surface area contributed by atoms with E-state index in [0.29, 0.717) is 96.4 Å². The molecule has 0 atom stereocenters. The van der Waals surface area contributed by atoms with Gasteiger partial charge in [-0.1, -0.05) is 20.9 Å². The number of fused-ring (bicyclic) bond motifs is 4. The Kier molecular flexibility index (Phi) is 31.4. The Morgan fingerprint density at radius 1 is 0.421 bits per heavy atom. The van der Waals surface area contributed by atoms with E-state index >= 15 is 0 Å². The van der Waals surface area contributed by atoms with E-state index in [1.807, 2.05) is 167 Å². The molecule has 8 aromatic heterocycles. The minimum Gasteiger partial charge on any atom is -0.497 e. The number of aryl methyl sites for hydroxylation is 2. The highest BCUT2D eigenvalue weighted by Crippen LogP contribution is 2.44. The predicted octanol–water partition coefficient (Wildman–Crippen LogP) is 18.4. The number of rotatable bonds is 30. The fourth-order valence-corrected chi connectivity index (χ4v) is 17.6. The first-order valence-electron chi connectivity index (χ1n) is 48.0. The summed E-state index contributed by atoms with van der Waals surface area (Å²) in [6.45, 7) is 11.6. The van der Waals surface area contributed by atoms with Crippen molar-refractivity contribution in [3.8, 4) is 85.6 Å². The van der Waals surface area contributed by atoms with Crippen molar-refractivity contribution in [2.75, 3.05) is 115 Å². The second-order valence-electron chi connectivity index (χ2n) is 38.1.